The topological polar surface area (TPSA) is 46.5 Å². The van der Waals surface area contributed by atoms with Crippen molar-refractivity contribution >= 4 is 10.8 Å². The number of unbranched alkanes of at least 4 members (excludes halogenated alkanes) is 1. The van der Waals surface area contributed by atoms with E-state index in [1.807, 2.05) is 24.3 Å². The third kappa shape index (κ3) is 7.09. The molecule has 0 aromatic heterocycles. The zero-order valence-corrected chi connectivity index (χ0v) is 14.4. The Morgan fingerprint density at radius 1 is 1.24 bits per heavy atom. The van der Waals surface area contributed by atoms with Crippen molar-refractivity contribution in [2.24, 2.45) is 0 Å². The van der Waals surface area contributed by atoms with Gasteiger partial charge < -0.3 is 9.84 Å². The van der Waals surface area contributed by atoms with Gasteiger partial charge in [-0.15, -0.1) is 0 Å². The maximum absolute atomic E-state index is 11.7. The second-order valence-corrected chi connectivity index (χ2v) is 8.02. The van der Waals surface area contributed by atoms with Gasteiger partial charge in [0.25, 0.3) is 0 Å². The van der Waals surface area contributed by atoms with Gasteiger partial charge in [-0.25, -0.2) is 0 Å². The monoisotopic (exact) mass is 312 g/mol. The summed E-state index contributed by atoms with van der Waals surface area (Å²) in [6.07, 6.45) is 1.29. The fourth-order valence-electron chi connectivity index (χ4n) is 1.89. The normalized spacial score (nSPS) is 14.7. The molecule has 0 unspecified atom stereocenters. The van der Waals surface area contributed by atoms with Gasteiger partial charge in [-0.05, 0) is 29.5 Å². The minimum atomic E-state index is -0.953. The summed E-state index contributed by atoms with van der Waals surface area (Å²) in [5, 5.41) is 9.85. The van der Waals surface area contributed by atoms with Gasteiger partial charge in [-0.1, -0.05) is 46.2 Å². The average Bonchev–Trinajstić information content (AvgIpc) is 2.42. The largest absolute Gasteiger partial charge is 0.491 e. The highest BCUT2D eigenvalue weighted by molar-refractivity contribution is 7.85. The molecule has 0 fully saturated rings. The fraction of sp³-hybridized carbons (Fsp3) is 0.647. The molecule has 0 heterocycles. The van der Waals surface area contributed by atoms with E-state index in [2.05, 4.69) is 27.7 Å². The summed E-state index contributed by atoms with van der Waals surface area (Å²) in [7, 11) is -0.953. The van der Waals surface area contributed by atoms with Gasteiger partial charge in [-0.3, -0.25) is 4.21 Å². The minimum Gasteiger partial charge on any atom is -0.491 e. The van der Waals surface area contributed by atoms with Crippen LogP contribution in [-0.2, 0) is 16.2 Å². The summed E-state index contributed by atoms with van der Waals surface area (Å²) in [5.74, 6) is 1.69. The lowest BCUT2D eigenvalue weighted by atomic mass is 9.87. The molecule has 120 valence electrons. The second kappa shape index (κ2) is 8.54. The molecule has 3 nitrogen and oxygen atoms in total. The molecule has 0 bridgehead atoms. The summed E-state index contributed by atoms with van der Waals surface area (Å²) in [6, 6.07) is 7.92. The fourth-order valence-corrected chi connectivity index (χ4v) is 3.20. The second-order valence-electron chi connectivity index (χ2n) is 6.40. The molecule has 2 atom stereocenters. The number of hydrogen-bond donors (Lipinski definition) is 1. The predicted octanol–water partition coefficient (Wildman–Crippen LogP) is 3.27. The van der Waals surface area contributed by atoms with Crippen LogP contribution in [0, 0.1) is 0 Å². The van der Waals surface area contributed by atoms with Crippen LogP contribution in [0.4, 0.5) is 0 Å². The van der Waals surface area contributed by atoms with Crippen molar-refractivity contribution in [3.05, 3.63) is 29.8 Å². The maximum Gasteiger partial charge on any atom is 0.119 e. The van der Waals surface area contributed by atoms with Crippen LogP contribution in [0.15, 0.2) is 24.3 Å². The van der Waals surface area contributed by atoms with Crippen LogP contribution in [0.5, 0.6) is 5.75 Å². The predicted molar refractivity (Wildman–Crippen MR) is 89.4 cm³/mol. The molecule has 21 heavy (non-hydrogen) atoms. The van der Waals surface area contributed by atoms with Crippen LogP contribution in [0.1, 0.15) is 46.1 Å². The number of aliphatic hydroxyl groups is 1. The summed E-state index contributed by atoms with van der Waals surface area (Å²) in [6.45, 7) is 8.75. The zero-order valence-electron chi connectivity index (χ0n) is 13.6. The molecule has 0 aliphatic heterocycles. The van der Waals surface area contributed by atoms with Crippen LogP contribution >= 0.6 is 0 Å². The van der Waals surface area contributed by atoms with E-state index in [9.17, 15) is 9.32 Å². The Hall–Kier alpha value is -0.870. The first-order valence-electron chi connectivity index (χ1n) is 7.59. The molecular weight excluding hydrogens is 284 g/mol. The molecule has 0 saturated carbocycles. The van der Waals surface area contributed by atoms with E-state index in [0.717, 1.165) is 18.6 Å². The van der Waals surface area contributed by atoms with Gasteiger partial charge in [0.1, 0.15) is 12.4 Å². The third-order valence-electron chi connectivity index (χ3n) is 3.27. The molecular formula is C17H28O3S. The molecule has 1 aromatic carbocycles. The first kappa shape index (κ1) is 18.2. The molecule has 1 rings (SSSR count). The van der Waals surface area contributed by atoms with Crippen molar-refractivity contribution in [1.29, 1.82) is 0 Å². The molecule has 0 aliphatic carbocycles. The molecule has 0 spiro atoms. The summed E-state index contributed by atoms with van der Waals surface area (Å²) >= 11 is 0. The molecule has 0 radical (unpaired) electrons. The summed E-state index contributed by atoms with van der Waals surface area (Å²) in [4.78, 5) is 0. The molecule has 4 heteroatoms. The Labute approximate surface area is 131 Å². The van der Waals surface area contributed by atoms with E-state index in [4.69, 9.17) is 4.74 Å². The van der Waals surface area contributed by atoms with Crippen LogP contribution in [-0.4, -0.2) is 33.5 Å². The molecule has 0 amide bonds. The van der Waals surface area contributed by atoms with Crippen molar-refractivity contribution in [3.8, 4) is 5.75 Å². The van der Waals surface area contributed by atoms with Gasteiger partial charge >= 0.3 is 0 Å². The quantitative estimate of drug-likeness (QED) is 0.801. The van der Waals surface area contributed by atoms with Gasteiger partial charge in [0, 0.05) is 16.6 Å². The smallest absolute Gasteiger partial charge is 0.119 e. The van der Waals surface area contributed by atoms with E-state index in [1.54, 1.807) is 0 Å². The Balaban J connectivity index is 2.39. The van der Waals surface area contributed by atoms with Crippen molar-refractivity contribution in [3.63, 3.8) is 0 Å². The molecule has 0 aliphatic rings. The maximum atomic E-state index is 11.7. The Kier molecular flexibility index (Phi) is 7.40. The summed E-state index contributed by atoms with van der Waals surface area (Å²) < 4.78 is 17.2. The highest BCUT2D eigenvalue weighted by atomic mass is 32.2. The zero-order chi connectivity index (χ0) is 15.9. The van der Waals surface area contributed by atoms with Crippen LogP contribution in [0.25, 0.3) is 0 Å². The number of ether oxygens (including phenoxy) is 1. The van der Waals surface area contributed by atoms with Gasteiger partial charge in [0.2, 0.25) is 0 Å². The summed E-state index contributed by atoms with van der Waals surface area (Å²) in [5.41, 5.74) is 1.37. The van der Waals surface area contributed by atoms with E-state index in [0.29, 0.717) is 11.5 Å². The van der Waals surface area contributed by atoms with Gasteiger partial charge in [0.15, 0.2) is 0 Å². The molecule has 0 saturated heterocycles. The lowest BCUT2D eigenvalue weighted by molar-refractivity contribution is 0.125. The van der Waals surface area contributed by atoms with Gasteiger partial charge in [-0.2, -0.15) is 0 Å². The van der Waals surface area contributed by atoms with Crippen molar-refractivity contribution < 1.29 is 14.1 Å². The van der Waals surface area contributed by atoms with Crippen molar-refractivity contribution in [2.45, 2.75) is 52.1 Å². The molecule has 1 N–H and O–H groups in total. The molecule has 1 aromatic rings. The van der Waals surface area contributed by atoms with Crippen molar-refractivity contribution in [1.82, 2.24) is 0 Å². The van der Waals surface area contributed by atoms with Gasteiger partial charge in [0.05, 0.1) is 11.9 Å². The van der Waals surface area contributed by atoms with Crippen LogP contribution in [0.3, 0.4) is 0 Å². The SMILES string of the molecule is CCCC[S@](=O)C[C@@H](O)COc1ccc(C(C)(C)C)cc1. The first-order valence-corrected chi connectivity index (χ1v) is 9.08. The van der Waals surface area contributed by atoms with Crippen LogP contribution < -0.4 is 4.74 Å². The standard InChI is InChI=1S/C17H28O3S/c1-5-6-11-21(19)13-15(18)12-20-16-9-7-14(8-10-16)17(2,3)4/h7-10,15,18H,5-6,11-13H2,1-4H3/t15-,21-/m0/s1. The Morgan fingerprint density at radius 3 is 2.38 bits per heavy atom. The number of benzene rings is 1. The first-order chi connectivity index (χ1) is 9.82. The number of hydrogen-bond acceptors (Lipinski definition) is 3. The Bertz CT molecular complexity index is 434. The average molecular weight is 312 g/mol. The highest BCUT2D eigenvalue weighted by Crippen LogP contribution is 2.24. The number of aliphatic hydroxyl groups excluding tert-OH is 1. The van der Waals surface area contributed by atoms with E-state index in [1.165, 1.54) is 5.56 Å². The number of rotatable bonds is 8. The van der Waals surface area contributed by atoms with E-state index < -0.39 is 16.9 Å². The minimum absolute atomic E-state index is 0.119. The van der Waals surface area contributed by atoms with E-state index in [-0.39, 0.29) is 12.0 Å². The lowest BCUT2D eigenvalue weighted by Crippen LogP contribution is -2.25. The Morgan fingerprint density at radius 2 is 1.86 bits per heavy atom. The van der Waals surface area contributed by atoms with E-state index >= 15 is 0 Å². The van der Waals surface area contributed by atoms with Crippen LogP contribution in [0.2, 0.25) is 0 Å². The highest BCUT2D eigenvalue weighted by Gasteiger charge is 2.14. The third-order valence-corrected chi connectivity index (χ3v) is 4.77. The lowest BCUT2D eigenvalue weighted by Gasteiger charge is -2.19. The van der Waals surface area contributed by atoms with Crippen molar-refractivity contribution in [2.75, 3.05) is 18.1 Å².